The minimum atomic E-state index is 0.282. The Labute approximate surface area is 71.6 Å². The van der Waals surface area contributed by atoms with Gasteiger partial charge in [-0.2, -0.15) is 0 Å². The molecule has 0 aliphatic heterocycles. The molecule has 0 aromatic heterocycles. The zero-order chi connectivity index (χ0) is 9.07. The molecule has 68 valence electrons. The summed E-state index contributed by atoms with van der Waals surface area (Å²) in [6, 6.07) is 0. The average Bonchev–Trinajstić information content (AvgIpc) is 1.86. The zero-order valence-corrected chi connectivity index (χ0v) is 8.86. The molecule has 0 rings (SSSR count). The van der Waals surface area contributed by atoms with Crippen LogP contribution >= 0.6 is 0 Å². The van der Waals surface area contributed by atoms with Crippen LogP contribution in [0.25, 0.3) is 0 Å². The van der Waals surface area contributed by atoms with Gasteiger partial charge in [0.2, 0.25) is 0 Å². The standard InChI is InChI=1S/C10H23N/c1-8(2)7-9(3)10(4,5)11-6/h8-9,11H,7H2,1-6H3/t9-/m0/s1. The van der Waals surface area contributed by atoms with Crippen molar-refractivity contribution >= 4 is 0 Å². The highest BCUT2D eigenvalue weighted by Crippen LogP contribution is 2.22. The summed E-state index contributed by atoms with van der Waals surface area (Å²) in [5.41, 5.74) is 0.282. The van der Waals surface area contributed by atoms with Gasteiger partial charge in [0.15, 0.2) is 0 Å². The molecular weight excluding hydrogens is 134 g/mol. The Morgan fingerprint density at radius 2 is 1.64 bits per heavy atom. The van der Waals surface area contributed by atoms with E-state index in [2.05, 4.69) is 39.9 Å². The van der Waals surface area contributed by atoms with Crippen molar-refractivity contribution in [3.05, 3.63) is 0 Å². The maximum Gasteiger partial charge on any atom is 0.0147 e. The van der Waals surface area contributed by atoms with Gasteiger partial charge in [-0.15, -0.1) is 0 Å². The first kappa shape index (κ1) is 11.0. The van der Waals surface area contributed by atoms with Crippen molar-refractivity contribution in [1.29, 1.82) is 0 Å². The Morgan fingerprint density at radius 3 is 1.91 bits per heavy atom. The van der Waals surface area contributed by atoms with Crippen molar-refractivity contribution in [1.82, 2.24) is 5.32 Å². The van der Waals surface area contributed by atoms with E-state index in [4.69, 9.17) is 0 Å². The van der Waals surface area contributed by atoms with Crippen LogP contribution in [0.15, 0.2) is 0 Å². The Hall–Kier alpha value is -0.0400. The van der Waals surface area contributed by atoms with Gasteiger partial charge in [-0.3, -0.25) is 0 Å². The number of hydrogen-bond donors (Lipinski definition) is 1. The first-order valence-corrected chi connectivity index (χ1v) is 4.59. The van der Waals surface area contributed by atoms with Gasteiger partial charge in [-0.05, 0) is 39.2 Å². The van der Waals surface area contributed by atoms with E-state index in [-0.39, 0.29) is 5.54 Å². The largest absolute Gasteiger partial charge is 0.315 e. The van der Waals surface area contributed by atoms with Gasteiger partial charge in [0.25, 0.3) is 0 Å². The Morgan fingerprint density at radius 1 is 1.18 bits per heavy atom. The maximum absolute atomic E-state index is 3.35. The number of nitrogens with one attached hydrogen (secondary N) is 1. The highest BCUT2D eigenvalue weighted by molar-refractivity contribution is 4.82. The molecule has 0 aromatic carbocycles. The van der Waals surface area contributed by atoms with Crippen molar-refractivity contribution in [3.8, 4) is 0 Å². The predicted octanol–water partition coefficient (Wildman–Crippen LogP) is 2.67. The maximum atomic E-state index is 3.35. The van der Waals surface area contributed by atoms with E-state index in [0.29, 0.717) is 0 Å². The number of rotatable bonds is 4. The van der Waals surface area contributed by atoms with E-state index < -0.39 is 0 Å². The fourth-order valence-electron chi connectivity index (χ4n) is 1.25. The third-order valence-corrected chi connectivity index (χ3v) is 2.70. The predicted molar refractivity (Wildman–Crippen MR) is 51.8 cm³/mol. The second-order valence-corrected chi connectivity index (χ2v) is 4.50. The van der Waals surface area contributed by atoms with Crippen molar-refractivity contribution in [2.45, 2.75) is 46.6 Å². The van der Waals surface area contributed by atoms with Crippen molar-refractivity contribution < 1.29 is 0 Å². The highest BCUT2D eigenvalue weighted by atomic mass is 14.9. The summed E-state index contributed by atoms with van der Waals surface area (Å²) in [6.07, 6.45) is 1.30. The van der Waals surface area contributed by atoms with Gasteiger partial charge in [0.05, 0.1) is 0 Å². The van der Waals surface area contributed by atoms with Crippen LogP contribution in [0.2, 0.25) is 0 Å². The molecule has 0 spiro atoms. The molecule has 0 aromatic rings. The zero-order valence-electron chi connectivity index (χ0n) is 8.86. The fraction of sp³-hybridized carbons (Fsp3) is 1.00. The third kappa shape index (κ3) is 3.76. The Bertz CT molecular complexity index is 105. The summed E-state index contributed by atoms with van der Waals surface area (Å²) in [5.74, 6) is 1.55. The fourth-order valence-corrected chi connectivity index (χ4v) is 1.25. The lowest BCUT2D eigenvalue weighted by Gasteiger charge is -2.32. The lowest BCUT2D eigenvalue weighted by molar-refractivity contribution is 0.250. The van der Waals surface area contributed by atoms with Gasteiger partial charge in [0.1, 0.15) is 0 Å². The smallest absolute Gasteiger partial charge is 0.0147 e. The molecule has 0 heterocycles. The molecule has 1 heteroatoms. The van der Waals surface area contributed by atoms with Crippen LogP contribution in [0.4, 0.5) is 0 Å². The lowest BCUT2D eigenvalue weighted by atomic mass is 9.83. The van der Waals surface area contributed by atoms with Crippen LogP contribution in [-0.4, -0.2) is 12.6 Å². The quantitative estimate of drug-likeness (QED) is 0.661. The van der Waals surface area contributed by atoms with E-state index in [1.54, 1.807) is 0 Å². The molecule has 0 aliphatic rings. The Kier molecular flexibility index (Phi) is 4.09. The van der Waals surface area contributed by atoms with Crippen molar-refractivity contribution in [2.75, 3.05) is 7.05 Å². The lowest BCUT2D eigenvalue weighted by Crippen LogP contribution is -2.43. The minimum absolute atomic E-state index is 0.282. The normalized spacial score (nSPS) is 15.5. The summed E-state index contributed by atoms with van der Waals surface area (Å²) in [7, 11) is 2.04. The van der Waals surface area contributed by atoms with Crippen LogP contribution in [0, 0.1) is 11.8 Å². The monoisotopic (exact) mass is 157 g/mol. The second-order valence-electron chi connectivity index (χ2n) is 4.50. The van der Waals surface area contributed by atoms with Crippen LogP contribution in [0.1, 0.15) is 41.0 Å². The van der Waals surface area contributed by atoms with E-state index in [9.17, 15) is 0 Å². The molecule has 0 amide bonds. The first-order chi connectivity index (χ1) is 4.90. The Balaban J connectivity index is 3.90. The van der Waals surface area contributed by atoms with E-state index in [0.717, 1.165) is 11.8 Å². The van der Waals surface area contributed by atoms with Crippen LogP contribution in [0.3, 0.4) is 0 Å². The summed E-state index contributed by atoms with van der Waals surface area (Å²) in [5, 5.41) is 3.35. The van der Waals surface area contributed by atoms with E-state index in [1.165, 1.54) is 6.42 Å². The molecular formula is C10H23N. The molecule has 0 bridgehead atoms. The summed E-state index contributed by atoms with van der Waals surface area (Å²) in [4.78, 5) is 0. The van der Waals surface area contributed by atoms with E-state index >= 15 is 0 Å². The highest BCUT2D eigenvalue weighted by Gasteiger charge is 2.23. The van der Waals surface area contributed by atoms with Crippen LogP contribution in [0.5, 0.6) is 0 Å². The summed E-state index contributed by atoms with van der Waals surface area (Å²) in [6.45, 7) is 11.4. The molecule has 0 aliphatic carbocycles. The van der Waals surface area contributed by atoms with Crippen LogP contribution in [-0.2, 0) is 0 Å². The molecule has 0 radical (unpaired) electrons. The molecule has 1 atom stereocenters. The van der Waals surface area contributed by atoms with Crippen molar-refractivity contribution in [3.63, 3.8) is 0 Å². The SMILES string of the molecule is CNC(C)(C)[C@@H](C)CC(C)C. The minimum Gasteiger partial charge on any atom is -0.315 e. The molecule has 1 N–H and O–H groups in total. The average molecular weight is 157 g/mol. The molecule has 0 fully saturated rings. The van der Waals surface area contributed by atoms with Gasteiger partial charge in [-0.25, -0.2) is 0 Å². The topological polar surface area (TPSA) is 12.0 Å². The third-order valence-electron chi connectivity index (χ3n) is 2.70. The second kappa shape index (κ2) is 4.10. The van der Waals surface area contributed by atoms with Gasteiger partial charge < -0.3 is 5.32 Å². The molecule has 11 heavy (non-hydrogen) atoms. The van der Waals surface area contributed by atoms with Gasteiger partial charge in [0, 0.05) is 5.54 Å². The molecule has 1 nitrogen and oxygen atoms in total. The summed E-state index contributed by atoms with van der Waals surface area (Å²) < 4.78 is 0. The van der Waals surface area contributed by atoms with Gasteiger partial charge >= 0.3 is 0 Å². The summed E-state index contributed by atoms with van der Waals surface area (Å²) >= 11 is 0. The number of hydrogen-bond acceptors (Lipinski definition) is 1. The van der Waals surface area contributed by atoms with Crippen molar-refractivity contribution in [2.24, 2.45) is 11.8 Å². The van der Waals surface area contributed by atoms with E-state index in [1.807, 2.05) is 7.05 Å². The van der Waals surface area contributed by atoms with Gasteiger partial charge in [-0.1, -0.05) is 20.8 Å². The molecule has 0 saturated carbocycles. The molecule has 0 saturated heterocycles. The first-order valence-electron chi connectivity index (χ1n) is 4.59. The molecule has 0 unspecified atom stereocenters. The van der Waals surface area contributed by atoms with Crippen LogP contribution < -0.4 is 5.32 Å².